The van der Waals surface area contributed by atoms with Crippen LogP contribution in [0.25, 0.3) is 10.6 Å². The lowest BCUT2D eigenvalue weighted by atomic mass is 9.99. The molecule has 0 aliphatic carbocycles. The Bertz CT molecular complexity index is 976. The van der Waals surface area contributed by atoms with Gasteiger partial charge in [0.15, 0.2) is 0 Å². The number of piperidine rings is 1. The summed E-state index contributed by atoms with van der Waals surface area (Å²) in [4.78, 5) is 21.4. The highest BCUT2D eigenvalue weighted by Crippen LogP contribution is 2.31. The van der Waals surface area contributed by atoms with E-state index in [-0.39, 0.29) is 16.3 Å². The number of amides is 1. The third-order valence-corrected chi connectivity index (χ3v) is 5.88. The number of benzene rings is 1. The monoisotopic (exact) mass is 418 g/mol. The van der Waals surface area contributed by atoms with E-state index < -0.39 is 17.5 Å². The average Bonchev–Trinajstić information content (AvgIpc) is 3.07. The minimum absolute atomic E-state index is 0.123. The van der Waals surface area contributed by atoms with Crippen LogP contribution in [0.3, 0.4) is 0 Å². The molecular weight excluding hydrogens is 398 g/mol. The lowest BCUT2D eigenvalue weighted by molar-refractivity contribution is 0.0960. The fraction of sp³-hybridized carbons (Fsp3) is 0.350. The van der Waals surface area contributed by atoms with Gasteiger partial charge in [-0.15, -0.1) is 11.3 Å². The van der Waals surface area contributed by atoms with Crippen molar-refractivity contribution in [1.29, 1.82) is 0 Å². The molecule has 2 aromatic rings. The maximum absolute atomic E-state index is 14.0. The topological polar surface area (TPSA) is 75.6 Å². The first-order valence-corrected chi connectivity index (χ1v) is 10.2. The van der Waals surface area contributed by atoms with Crippen LogP contribution in [0.4, 0.5) is 8.78 Å². The molecule has 29 heavy (non-hydrogen) atoms. The maximum Gasteiger partial charge on any atom is 0.275 e. The first-order valence-electron chi connectivity index (χ1n) is 9.38. The number of hydrogen-bond donors (Lipinski definition) is 2. The number of nitrogens with one attached hydrogen (secondary N) is 2. The fourth-order valence-corrected chi connectivity index (χ4v) is 4.18. The number of hydrogen-bond acceptors (Lipinski definition) is 6. The van der Waals surface area contributed by atoms with E-state index in [4.69, 9.17) is 4.74 Å². The second kappa shape index (κ2) is 8.38. The molecule has 9 heteroatoms. The summed E-state index contributed by atoms with van der Waals surface area (Å²) in [5.74, 6) is -1.03. The minimum atomic E-state index is -0.715. The van der Waals surface area contributed by atoms with Crippen LogP contribution in [0, 0.1) is 24.5 Å². The molecule has 0 saturated carbocycles. The van der Waals surface area contributed by atoms with Gasteiger partial charge in [0.2, 0.25) is 5.90 Å². The van der Waals surface area contributed by atoms with Crippen LogP contribution < -0.4 is 10.6 Å². The van der Waals surface area contributed by atoms with Gasteiger partial charge in [-0.2, -0.15) is 0 Å². The molecule has 0 unspecified atom stereocenters. The van der Waals surface area contributed by atoms with Crippen molar-refractivity contribution in [2.24, 2.45) is 10.9 Å². The molecule has 152 valence electrons. The van der Waals surface area contributed by atoms with Gasteiger partial charge in [-0.1, -0.05) is 6.07 Å². The normalized spacial score (nSPS) is 16.7. The summed E-state index contributed by atoms with van der Waals surface area (Å²) in [6.07, 6.45) is 3.60. The highest BCUT2D eigenvalue weighted by molar-refractivity contribution is 7.15. The molecule has 1 amide bonds. The Hall–Kier alpha value is -2.65. The van der Waals surface area contributed by atoms with Crippen molar-refractivity contribution < 1.29 is 18.3 Å². The fourth-order valence-electron chi connectivity index (χ4n) is 3.23. The third-order valence-electron chi connectivity index (χ3n) is 4.89. The number of rotatable bonds is 5. The van der Waals surface area contributed by atoms with Crippen molar-refractivity contribution in [3.8, 4) is 10.6 Å². The largest absolute Gasteiger partial charge is 0.476 e. The number of halogens is 2. The van der Waals surface area contributed by atoms with Crippen LogP contribution in [-0.2, 0) is 4.74 Å². The third kappa shape index (κ3) is 4.20. The molecule has 4 rings (SSSR count). The Morgan fingerprint density at radius 1 is 1.31 bits per heavy atom. The second-order valence-corrected chi connectivity index (χ2v) is 8.16. The van der Waals surface area contributed by atoms with E-state index in [9.17, 15) is 13.6 Å². The summed E-state index contributed by atoms with van der Waals surface area (Å²) in [6.45, 7) is 4.20. The van der Waals surface area contributed by atoms with Crippen molar-refractivity contribution in [3.63, 3.8) is 0 Å². The molecule has 6 nitrogen and oxygen atoms in total. The molecule has 1 saturated heterocycles. The highest BCUT2D eigenvalue weighted by atomic mass is 32.1. The Kier molecular flexibility index (Phi) is 5.68. The first kappa shape index (κ1) is 19.7. The molecule has 2 N–H and O–H groups in total. The summed E-state index contributed by atoms with van der Waals surface area (Å²) in [6, 6.07) is 3.61. The molecule has 0 bridgehead atoms. The summed E-state index contributed by atoms with van der Waals surface area (Å²) >= 11 is 1.07. The van der Waals surface area contributed by atoms with Gasteiger partial charge in [-0.3, -0.25) is 4.79 Å². The van der Waals surface area contributed by atoms with Crippen LogP contribution in [-0.4, -0.2) is 36.5 Å². The summed E-state index contributed by atoms with van der Waals surface area (Å²) in [5, 5.41) is 6.15. The molecule has 0 spiro atoms. The van der Waals surface area contributed by atoms with E-state index in [1.807, 2.05) is 0 Å². The van der Waals surface area contributed by atoms with Crippen LogP contribution in [0.5, 0.6) is 0 Å². The van der Waals surface area contributed by atoms with Crippen molar-refractivity contribution in [2.45, 2.75) is 19.8 Å². The highest BCUT2D eigenvalue weighted by Gasteiger charge is 2.25. The van der Waals surface area contributed by atoms with E-state index in [2.05, 4.69) is 20.6 Å². The molecule has 1 aromatic heterocycles. The zero-order valence-corrected chi connectivity index (χ0v) is 16.6. The number of aliphatic imine (C=N–C) groups is 1. The van der Waals surface area contributed by atoms with Crippen LogP contribution in [0.1, 0.15) is 28.2 Å². The Balaban J connectivity index is 1.40. The predicted octanol–water partition coefficient (Wildman–Crippen LogP) is 3.40. The number of aryl methyl sites for hydroxylation is 1. The average molecular weight is 418 g/mol. The van der Waals surface area contributed by atoms with Gasteiger partial charge >= 0.3 is 0 Å². The predicted molar refractivity (Wildman–Crippen MR) is 107 cm³/mol. The molecule has 0 atom stereocenters. The number of carbonyl (C=O) groups is 1. The SMILES string of the molecule is Cc1sc(-c2c(F)cccc2F)nc1C(=O)NC1=CN=C1OCC1CCNCC1. The number of aromatic nitrogens is 1. The van der Waals surface area contributed by atoms with Crippen LogP contribution in [0.2, 0.25) is 0 Å². The van der Waals surface area contributed by atoms with Crippen LogP contribution >= 0.6 is 11.3 Å². The van der Waals surface area contributed by atoms with Gasteiger partial charge < -0.3 is 15.4 Å². The maximum atomic E-state index is 14.0. The smallest absolute Gasteiger partial charge is 0.275 e. The van der Waals surface area contributed by atoms with E-state index in [1.54, 1.807) is 6.92 Å². The Labute approximate surface area is 170 Å². The number of nitrogens with zero attached hydrogens (tertiary/aromatic N) is 2. The summed E-state index contributed by atoms with van der Waals surface area (Å²) in [5.41, 5.74) is 0.378. The van der Waals surface area contributed by atoms with Crippen molar-refractivity contribution >= 4 is 23.1 Å². The van der Waals surface area contributed by atoms with Crippen LogP contribution in [0.15, 0.2) is 35.1 Å². The lowest BCUT2D eigenvalue weighted by Crippen LogP contribution is -2.34. The van der Waals surface area contributed by atoms with Gasteiger partial charge in [-0.05, 0) is 50.9 Å². The van der Waals surface area contributed by atoms with Crippen molar-refractivity contribution in [3.05, 3.63) is 52.3 Å². The zero-order chi connectivity index (χ0) is 20.4. The van der Waals surface area contributed by atoms with Crippen molar-refractivity contribution in [1.82, 2.24) is 15.6 Å². The Morgan fingerprint density at radius 3 is 2.69 bits per heavy atom. The van der Waals surface area contributed by atoms with E-state index in [0.717, 1.165) is 49.4 Å². The molecule has 2 aliphatic rings. The molecule has 0 radical (unpaired) electrons. The number of ether oxygens (including phenoxy) is 1. The summed E-state index contributed by atoms with van der Waals surface area (Å²) < 4.78 is 33.8. The lowest BCUT2D eigenvalue weighted by Gasteiger charge is -2.24. The van der Waals surface area contributed by atoms with E-state index in [1.165, 1.54) is 12.3 Å². The quantitative estimate of drug-likeness (QED) is 0.781. The van der Waals surface area contributed by atoms with E-state index in [0.29, 0.717) is 29.0 Å². The number of carbonyl (C=O) groups excluding carboxylic acids is 1. The second-order valence-electron chi connectivity index (χ2n) is 6.96. The van der Waals surface area contributed by atoms with Gasteiger partial charge in [0.25, 0.3) is 5.91 Å². The molecular formula is C20H20F2N4O2S. The van der Waals surface area contributed by atoms with Crippen molar-refractivity contribution in [2.75, 3.05) is 19.7 Å². The minimum Gasteiger partial charge on any atom is -0.476 e. The molecule has 2 aliphatic heterocycles. The van der Waals surface area contributed by atoms with Gasteiger partial charge in [-0.25, -0.2) is 18.8 Å². The molecule has 1 fully saturated rings. The first-order chi connectivity index (χ1) is 14.0. The van der Waals surface area contributed by atoms with Gasteiger partial charge in [0.05, 0.1) is 18.4 Å². The standard InChI is InChI=1S/C20H20F2N4O2S/c1-11-17(26-20(29-11)16-13(21)3-2-4-14(16)22)18(27)25-15-9-24-19(15)28-10-12-5-7-23-8-6-12/h2-4,9,12,23H,5-8,10H2,1H3,(H,25,27). The van der Waals surface area contributed by atoms with Gasteiger partial charge in [0, 0.05) is 4.88 Å². The molecule has 1 aromatic carbocycles. The summed E-state index contributed by atoms with van der Waals surface area (Å²) in [7, 11) is 0. The number of thiazole rings is 1. The zero-order valence-electron chi connectivity index (χ0n) is 15.8. The van der Waals surface area contributed by atoms with Gasteiger partial charge in [0.1, 0.15) is 28.0 Å². The Morgan fingerprint density at radius 2 is 2.03 bits per heavy atom. The molecule has 3 heterocycles. The van der Waals surface area contributed by atoms with E-state index >= 15 is 0 Å².